The Kier molecular flexibility index (Phi) is 2.33. The van der Waals surface area contributed by atoms with E-state index in [9.17, 15) is 0 Å². The normalized spacial score (nSPS) is 34.0. The molecular formula is C17H22N2. The number of nitrogens with one attached hydrogen (secondary N) is 1. The van der Waals surface area contributed by atoms with Crippen molar-refractivity contribution in [2.24, 2.45) is 11.8 Å². The first kappa shape index (κ1) is 11.5. The van der Waals surface area contributed by atoms with Crippen molar-refractivity contribution in [2.75, 3.05) is 0 Å². The minimum atomic E-state index is 0.365. The molecule has 0 amide bonds. The maximum absolute atomic E-state index is 4.25. The molecule has 2 aliphatic carbocycles. The smallest absolute Gasteiger partial charge is 0.0655 e. The highest BCUT2D eigenvalue weighted by Gasteiger charge is 2.45. The van der Waals surface area contributed by atoms with Crippen LogP contribution in [-0.2, 0) is 5.41 Å². The van der Waals surface area contributed by atoms with Gasteiger partial charge in [-0.3, -0.25) is 5.10 Å². The van der Waals surface area contributed by atoms with Crippen molar-refractivity contribution in [3.8, 4) is 0 Å². The van der Waals surface area contributed by atoms with Crippen LogP contribution in [0.3, 0.4) is 0 Å². The van der Waals surface area contributed by atoms with Crippen LogP contribution in [0.2, 0.25) is 0 Å². The highest BCUT2D eigenvalue weighted by Crippen LogP contribution is 2.54. The van der Waals surface area contributed by atoms with E-state index in [4.69, 9.17) is 0 Å². The average molecular weight is 254 g/mol. The monoisotopic (exact) mass is 254 g/mol. The lowest BCUT2D eigenvalue weighted by molar-refractivity contribution is 0.443. The van der Waals surface area contributed by atoms with E-state index in [2.05, 4.69) is 36.2 Å². The summed E-state index contributed by atoms with van der Waals surface area (Å²) in [5, 5.41) is 8.74. The van der Waals surface area contributed by atoms with Gasteiger partial charge < -0.3 is 0 Å². The van der Waals surface area contributed by atoms with Gasteiger partial charge in [-0.05, 0) is 54.2 Å². The molecule has 2 nitrogen and oxygen atoms in total. The Morgan fingerprint density at radius 1 is 1.21 bits per heavy atom. The Morgan fingerprint density at radius 3 is 2.68 bits per heavy atom. The minimum Gasteiger partial charge on any atom is -0.278 e. The molecule has 1 N–H and O–H groups in total. The van der Waals surface area contributed by atoms with Crippen LogP contribution in [0.25, 0.3) is 10.9 Å². The van der Waals surface area contributed by atoms with Crippen molar-refractivity contribution in [3.63, 3.8) is 0 Å². The van der Waals surface area contributed by atoms with Gasteiger partial charge in [0.2, 0.25) is 0 Å². The van der Waals surface area contributed by atoms with Crippen LogP contribution in [-0.4, -0.2) is 10.2 Å². The molecule has 0 radical (unpaired) electrons. The van der Waals surface area contributed by atoms with E-state index < -0.39 is 0 Å². The van der Waals surface area contributed by atoms with E-state index in [-0.39, 0.29) is 0 Å². The van der Waals surface area contributed by atoms with E-state index >= 15 is 0 Å². The van der Waals surface area contributed by atoms with Crippen molar-refractivity contribution in [2.45, 2.75) is 51.4 Å². The van der Waals surface area contributed by atoms with Crippen LogP contribution in [0, 0.1) is 18.8 Å². The summed E-state index contributed by atoms with van der Waals surface area (Å²) in [6.45, 7) is 4.68. The van der Waals surface area contributed by atoms with E-state index in [1.165, 1.54) is 54.1 Å². The topological polar surface area (TPSA) is 28.7 Å². The maximum atomic E-state index is 4.25. The molecule has 2 aromatic rings. The van der Waals surface area contributed by atoms with Crippen LogP contribution >= 0.6 is 0 Å². The highest BCUT2D eigenvalue weighted by atomic mass is 15.1. The third-order valence-electron chi connectivity index (χ3n) is 5.60. The molecule has 0 aliphatic heterocycles. The molecule has 1 heterocycles. The quantitative estimate of drug-likeness (QED) is 0.805. The van der Waals surface area contributed by atoms with Gasteiger partial charge in [0.1, 0.15) is 0 Å². The molecule has 0 saturated heterocycles. The lowest BCUT2D eigenvalue weighted by Gasteiger charge is -2.27. The molecule has 2 saturated carbocycles. The first-order valence-electron chi connectivity index (χ1n) is 7.60. The van der Waals surface area contributed by atoms with Crippen LogP contribution < -0.4 is 0 Å². The molecule has 1 aromatic heterocycles. The standard InChI is InChI=1S/C17H22N2/c1-11-6-15(14-10-18-19-16(14)7-11)17(2)8-12-4-3-5-13(12)9-17/h6-7,10,12-13H,3-5,8-9H2,1-2H3,(H,18,19). The number of H-pyrrole nitrogens is 1. The summed E-state index contributed by atoms with van der Waals surface area (Å²) in [6, 6.07) is 4.61. The van der Waals surface area contributed by atoms with Gasteiger partial charge in [0.25, 0.3) is 0 Å². The number of rotatable bonds is 1. The number of hydrogen-bond donors (Lipinski definition) is 1. The van der Waals surface area contributed by atoms with Gasteiger partial charge in [-0.15, -0.1) is 0 Å². The van der Waals surface area contributed by atoms with Crippen LogP contribution in [0.5, 0.6) is 0 Å². The van der Waals surface area contributed by atoms with Gasteiger partial charge in [0, 0.05) is 5.39 Å². The van der Waals surface area contributed by atoms with Crippen molar-refractivity contribution >= 4 is 10.9 Å². The van der Waals surface area contributed by atoms with E-state index in [0.29, 0.717) is 5.41 Å². The molecular weight excluding hydrogens is 232 g/mol. The summed E-state index contributed by atoms with van der Waals surface area (Å²) in [5.41, 5.74) is 4.45. The molecule has 2 fully saturated rings. The van der Waals surface area contributed by atoms with Crippen LogP contribution in [0.15, 0.2) is 18.3 Å². The van der Waals surface area contributed by atoms with E-state index in [1.54, 1.807) is 0 Å². The minimum absolute atomic E-state index is 0.365. The zero-order chi connectivity index (χ0) is 13.0. The fraction of sp³-hybridized carbons (Fsp3) is 0.588. The predicted octanol–water partition coefficient (Wildman–Crippen LogP) is 4.34. The fourth-order valence-corrected chi connectivity index (χ4v) is 4.81. The van der Waals surface area contributed by atoms with Gasteiger partial charge in [-0.1, -0.05) is 32.3 Å². The van der Waals surface area contributed by atoms with Crippen molar-refractivity contribution < 1.29 is 0 Å². The third kappa shape index (κ3) is 1.65. The SMILES string of the molecule is Cc1cc(C2(C)CC3CCCC3C2)c2cn[nH]c2c1. The number of benzene rings is 1. The number of hydrogen-bond acceptors (Lipinski definition) is 1. The van der Waals surface area contributed by atoms with Crippen molar-refractivity contribution in [3.05, 3.63) is 29.5 Å². The average Bonchev–Trinajstić information content (AvgIpc) is 3.01. The molecule has 1 aromatic carbocycles. The summed E-state index contributed by atoms with van der Waals surface area (Å²) in [4.78, 5) is 0. The second-order valence-electron chi connectivity index (χ2n) is 7.06. The Hall–Kier alpha value is -1.31. The van der Waals surface area contributed by atoms with Crippen LogP contribution in [0.4, 0.5) is 0 Å². The number of aromatic amines is 1. The predicted molar refractivity (Wildman–Crippen MR) is 78.2 cm³/mol. The lowest BCUT2D eigenvalue weighted by atomic mass is 9.77. The van der Waals surface area contributed by atoms with Gasteiger partial charge in [0.05, 0.1) is 11.7 Å². The molecule has 100 valence electrons. The van der Waals surface area contributed by atoms with E-state index in [1.807, 2.05) is 6.20 Å². The molecule has 2 aliphatic rings. The zero-order valence-electron chi connectivity index (χ0n) is 11.9. The van der Waals surface area contributed by atoms with Crippen LogP contribution in [0.1, 0.15) is 50.2 Å². The van der Waals surface area contributed by atoms with Gasteiger partial charge in [-0.2, -0.15) is 5.10 Å². The molecule has 2 atom stereocenters. The summed E-state index contributed by atoms with van der Waals surface area (Å²) < 4.78 is 0. The largest absolute Gasteiger partial charge is 0.278 e. The van der Waals surface area contributed by atoms with E-state index in [0.717, 1.165) is 11.8 Å². The third-order valence-corrected chi connectivity index (χ3v) is 5.60. The Balaban J connectivity index is 1.83. The lowest BCUT2D eigenvalue weighted by Crippen LogP contribution is -2.19. The number of aryl methyl sites for hydroxylation is 1. The highest BCUT2D eigenvalue weighted by molar-refractivity contribution is 5.83. The summed E-state index contributed by atoms with van der Waals surface area (Å²) in [5.74, 6) is 1.96. The molecule has 19 heavy (non-hydrogen) atoms. The summed E-state index contributed by atoms with van der Waals surface area (Å²) in [7, 11) is 0. The molecule has 0 spiro atoms. The molecule has 4 rings (SSSR count). The number of nitrogens with zero attached hydrogens (tertiary/aromatic N) is 1. The van der Waals surface area contributed by atoms with Gasteiger partial charge in [0.15, 0.2) is 0 Å². The van der Waals surface area contributed by atoms with Crippen molar-refractivity contribution in [1.29, 1.82) is 0 Å². The summed E-state index contributed by atoms with van der Waals surface area (Å²) >= 11 is 0. The first-order chi connectivity index (χ1) is 9.16. The summed E-state index contributed by atoms with van der Waals surface area (Å²) in [6.07, 6.45) is 9.15. The second-order valence-corrected chi connectivity index (χ2v) is 7.06. The first-order valence-corrected chi connectivity index (χ1v) is 7.60. The number of fused-ring (bicyclic) bond motifs is 2. The second kappa shape index (κ2) is 3.84. The Bertz CT molecular complexity index is 613. The molecule has 0 bridgehead atoms. The van der Waals surface area contributed by atoms with Gasteiger partial charge in [-0.25, -0.2) is 0 Å². The van der Waals surface area contributed by atoms with Crippen molar-refractivity contribution in [1.82, 2.24) is 10.2 Å². The Labute approximate surface area is 114 Å². The molecule has 2 heteroatoms. The maximum Gasteiger partial charge on any atom is 0.0655 e. The number of aromatic nitrogens is 2. The fourth-order valence-electron chi connectivity index (χ4n) is 4.81. The zero-order valence-corrected chi connectivity index (χ0v) is 11.9. The van der Waals surface area contributed by atoms with Gasteiger partial charge >= 0.3 is 0 Å². The molecule has 2 unspecified atom stereocenters. The Morgan fingerprint density at radius 2 is 1.95 bits per heavy atom.